The third kappa shape index (κ3) is 4.16. The van der Waals surface area contributed by atoms with Crippen molar-refractivity contribution in [3.8, 4) is 0 Å². The zero-order valence-electron chi connectivity index (χ0n) is 19.8. The molecule has 0 aromatic heterocycles. The molecule has 7 nitrogen and oxygen atoms in total. The van der Waals surface area contributed by atoms with Gasteiger partial charge in [0.25, 0.3) is 0 Å². The van der Waals surface area contributed by atoms with E-state index in [1.54, 1.807) is 0 Å². The normalized spacial score (nSPS) is 41.2. The smallest absolute Gasteiger partial charge is 0.320 e. The van der Waals surface area contributed by atoms with Gasteiger partial charge < -0.3 is 25.5 Å². The van der Waals surface area contributed by atoms with E-state index in [0.717, 1.165) is 90.5 Å². The van der Waals surface area contributed by atoms with Crippen LogP contribution in [0.2, 0.25) is 0 Å². The maximum Gasteiger partial charge on any atom is 0.320 e. The van der Waals surface area contributed by atoms with Crippen molar-refractivity contribution in [3.63, 3.8) is 0 Å². The van der Waals surface area contributed by atoms with Gasteiger partial charge in [0, 0.05) is 38.8 Å². The maximum absolute atomic E-state index is 13.5. The molecule has 0 radical (unpaired) electrons. The van der Waals surface area contributed by atoms with Crippen LogP contribution >= 0.6 is 12.4 Å². The van der Waals surface area contributed by atoms with Crippen molar-refractivity contribution in [3.05, 3.63) is 0 Å². The molecule has 7 aliphatic rings. The van der Waals surface area contributed by atoms with Crippen molar-refractivity contribution in [1.82, 2.24) is 20.4 Å². The Morgan fingerprint density at radius 1 is 0.970 bits per heavy atom. The second-order valence-corrected chi connectivity index (χ2v) is 12.2. The molecule has 3 heterocycles. The van der Waals surface area contributed by atoms with Crippen LogP contribution in [0.15, 0.2) is 0 Å². The van der Waals surface area contributed by atoms with Crippen molar-refractivity contribution < 1.29 is 14.7 Å². The minimum Gasteiger partial charge on any atom is -0.393 e. The first-order valence-corrected chi connectivity index (χ1v) is 13.2. The zero-order valence-corrected chi connectivity index (χ0v) is 20.6. The van der Waals surface area contributed by atoms with E-state index < -0.39 is 0 Å². The average Bonchev–Trinajstić information content (AvgIpc) is 3.25. The molecule has 7 fully saturated rings. The SMILES string of the molecule is Cl.O=C(N1CCC2(CCNC2)CC1)N1CCC[C@H](NC(=O)C23CC4CC(C2)C(O)C(C4)C3)C1. The van der Waals surface area contributed by atoms with Crippen molar-refractivity contribution >= 4 is 24.3 Å². The molecule has 4 bridgehead atoms. The van der Waals surface area contributed by atoms with Gasteiger partial charge in [-0.2, -0.15) is 0 Å². The largest absolute Gasteiger partial charge is 0.393 e. The number of aliphatic hydroxyl groups excluding tert-OH is 1. The number of nitrogens with one attached hydrogen (secondary N) is 2. The van der Waals surface area contributed by atoms with Gasteiger partial charge in [0.1, 0.15) is 0 Å². The summed E-state index contributed by atoms with van der Waals surface area (Å²) in [5.41, 5.74) is 0.152. The Bertz CT molecular complexity index is 747. The van der Waals surface area contributed by atoms with Gasteiger partial charge in [-0.05, 0) is 93.9 Å². The summed E-state index contributed by atoms with van der Waals surface area (Å²) < 4.78 is 0. The van der Waals surface area contributed by atoms with Crippen LogP contribution in [0.25, 0.3) is 0 Å². The topological polar surface area (TPSA) is 84.9 Å². The molecule has 0 aromatic rings. The fraction of sp³-hybridized carbons (Fsp3) is 0.920. The molecule has 7 rings (SSSR count). The number of carbonyl (C=O) groups is 2. The summed E-state index contributed by atoms with van der Waals surface area (Å²) in [5, 5.41) is 17.4. The fourth-order valence-electron chi connectivity index (χ4n) is 8.48. The van der Waals surface area contributed by atoms with Crippen LogP contribution in [0, 0.1) is 28.6 Å². The van der Waals surface area contributed by atoms with Gasteiger partial charge in [0.05, 0.1) is 11.5 Å². The number of halogens is 1. The molecule has 1 spiro atoms. The molecule has 4 aliphatic carbocycles. The summed E-state index contributed by atoms with van der Waals surface area (Å²) in [7, 11) is 0. The number of urea groups is 1. The molecule has 8 heteroatoms. The van der Waals surface area contributed by atoms with Crippen LogP contribution in [-0.2, 0) is 4.79 Å². The molecule has 3 aliphatic heterocycles. The van der Waals surface area contributed by atoms with Gasteiger partial charge in [0.2, 0.25) is 5.91 Å². The molecule has 2 unspecified atom stereocenters. The molecule has 3 N–H and O–H groups in total. The highest BCUT2D eigenvalue weighted by Gasteiger charge is 2.58. The molecule has 4 saturated carbocycles. The first-order valence-electron chi connectivity index (χ1n) is 13.2. The highest BCUT2D eigenvalue weighted by Crippen LogP contribution is 2.60. The lowest BCUT2D eigenvalue weighted by Gasteiger charge is -2.58. The van der Waals surface area contributed by atoms with Crippen LogP contribution in [0.5, 0.6) is 0 Å². The Kier molecular flexibility index (Phi) is 6.36. The van der Waals surface area contributed by atoms with Crippen molar-refractivity contribution in [2.75, 3.05) is 39.3 Å². The predicted molar refractivity (Wildman–Crippen MR) is 128 cm³/mol. The van der Waals surface area contributed by atoms with E-state index in [2.05, 4.69) is 10.6 Å². The van der Waals surface area contributed by atoms with E-state index in [0.29, 0.717) is 29.7 Å². The molecule has 186 valence electrons. The number of nitrogens with zero attached hydrogens (tertiary/aromatic N) is 2. The predicted octanol–water partition coefficient (Wildman–Crippen LogP) is 2.37. The van der Waals surface area contributed by atoms with Gasteiger partial charge >= 0.3 is 6.03 Å². The molecule has 3 amide bonds. The van der Waals surface area contributed by atoms with Crippen molar-refractivity contribution in [2.45, 2.75) is 76.4 Å². The highest BCUT2D eigenvalue weighted by atomic mass is 35.5. The first kappa shape index (κ1) is 23.7. The minimum atomic E-state index is -0.265. The number of aliphatic hydroxyl groups is 1. The summed E-state index contributed by atoms with van der Waals surface area (Å²) in [4.78, 5) is 30.8. The monoisotopic (exact) mass is 480 g/mol. The molecule has 3 saturated heterocycles. The van der Waals surface area contributed by atoms with Crippen LogP contribution in [0.3, 0.4) is 0 Å². The minimum absolute atomic E-state index is 0. The number of carbonyl (C=O) groups excluding carboxylic acids is 2. The van der Waals surface area contributed by atoms with Crippen LogP contribution in [0.1, 0.15) is 64.2 Å². The first-order chi connectivity index (χ1) is 15.5. The van der Waals surface area contributed by atoms with Gasteiger partial charge in [0.15, 0.2) is 0 Å². The third-order valence-corrected chi connectivity index (χ3v) is 10.2. The summed E-state index contributed by atoms with van der Waals surface area (Å²) >= 11 is 0. The number of hydrogen-bond acceptors (Lipinski definition) is 4. The van der Waals surface area contributed by atoms with E-state index in [1.165, 1.54) is 6.42 Å². The second kappa shape index (κ2) is 8.87. The quantitative estimate of drug-likeness (QED) is 0.566. The highest BCUT2D eigenvalue weighted by molar-refractivity contribution is 5.85. The standard InChI is InChI=1S/C25H40N4O3.ClH/c30-21-18-10-17-11-19(21)14-25(12-17,13-18)22(31)27-20-2-1-7-29(15-20)23(32)28-8-4-24(5-9-28)3-6-26-16-24;/h17-21,26,30H,1-16H2,(H,27,31);1H/t17?,18?,19?,20-,21?,25?;/m0./s1. The summed E-state index contributed by atoms with van der Waals surface area (Å²) in [6.45, 7) is 5.40. The van der Waals surface area contributed by atoms with E-state index in [4.69, 9.17) is 0 Å². The lowest BCUT2D eigenvalue weighted by Crippen LogP contribution is -2.61. The second-order valence-electron chi connectivity index (χ2n) is 12.2. The fourth-order valence-corrected chi connectivity index (χ4v) is 8.48. The van der Waals surface area contributed by atoms with Crippen LogP contribution in [0.4, 0.5) is 4.79 Å². The van der Waals surface area contributed by atoms with Gasteiger partial charge in [-0.25, -0.2) is 4.79 Å². The Hall–Kier alpha value is -1.05. The Balaban J connectivity index is 0.00000228. The van der Waals surface area contributed by atoms with Gasteiger partial charge in [-0.15, -0.1) is 12.4 Å². The van der Waals surface area contributed by atoms with E-state index in [-0.39, 0.29) is 41.9 Å². The number of hydrogen-bond donors (Lipinski definition) is 3. The third-order valence-electron chi connectivity index (χ3n) is 10.2. The number of amides is 3. The van der Waals surface area contributed by atoms with Crippen molar-refractivity contribution in [1.29, 1.82) is 0 Å². The zero-order chi connectivity index (χ0) is 21.9. The molecule has 33 heavy (non-hydrogen) atoms. The van der Waals surface area contributed by atoms with E-state index in [9.17, 15) is 14.7 Å². The average molecular weight is 481 g/mol. The maximum atomic E-state index is 13.5. The lowest BCUT2D eigenvalue weighted by molar-refractivity contribution is -0.163. The molecular formula is C25H41ClN4O3. The van der Waals surface area contributed by atoms with Gasteiger partial charge in [-0.3, -0.25) is 4.79 Å². The Labute approximate surface area is 203 Å². The lowest BCUT2D eigenvalue weighted by atomic mass is 9.48. The summed E-state index contributed by atoms with van der Waals surface area (Å²) in [6, 6.07) is 0.232. The molecule has 0 aromatic carbocycles. The number of piperidine rings is 2. The molecular weight excluding hydrogens is 440 g/mol. The van der Waals surface area contributed by atoms with E-state index in [1.807, 2.05) is 9.80 Å². The number of likely N-dealkylation sites (tertiary alicyclic amines) is 2. The van der Waals surface area contributed by atoms with Crippen molar-refractivity contribution in [2.24, 2.45) is 28.6 Å². The van der Waals surface area contributed by atoms with E-state index >= 15 is 0 Å². The van der Waals surface area contributed by atoms with Gasteiger partial charge in [-0.1, -0.05) is 0 Å². The Morgan fingerprint density at radius 3 is 2.36 bits per heavy atom. The molecule has 3 atom stereocenters. The summed E-state index contributed by atoms with van der Waals surface area (Å²) in [5.74, 6) is 1.45. The van der Waals surface area contributed by atoms with Crippen LogP contribution in [-0.4, -0.2) is 78.3 Å². The summed E-state index contributed by atoms with van der Waals surface area (Å²) in [6.07, 6.45) is 10.1. The Morgan fingerprint density at radius 2 is 1.70 bits per heavy atom. The van der Waals surface area contributed by atoms with Crippen LogP contribution < -0.4 is 10.6 Å². The number of rotatable bonds is 2.